The number of nitrogens with zero attached hydrogens (tertiary/aromatic N) is 4. The Bertz CT molecular complexity index is 2270. The average Bonchev–Trinajstić information content (AvgIpc) is 3.55. The normalized spacial score (nSPS) is 11.7. The zero-order valence-corrected chi connectivity index (χ0v) is 31.6. The van der Waals surface area contributed by atoms with Crippen molar-refractivity contribution in [1.82, 2.24) is 19.3 Å². The first-order valence-electron chi connectivity index (χ1n) is 16.9. The topological polar surface area (TPSA) is 44.9 Å². The maximum atomic E-state index is 6.63. The van der Waals surface area contributed by atoms with Gasteiger partial charge in [-0.05, 0) is 72.1 Å². The molecule has 0 fully saturated rings. The van der Waals surface area contributed by atoms with E-state index in [9.17, 15) is 0 Å². The molecule has 0 atom stereocenters. The van der Waals surface area contributed by atoms with Gasteiger partial charge in [0, 0.05) is 34.5 Å². The Balaban J connectivity index is 0.00000417. The van der Waals surface area contributed by atoms with Crippen LogP contribution < -0.4 is 4.74 Å². The Morgan fingerprint density at radius 3 is 2.35 bits per heavy atom. The molecule has 0 unspecified atom stereocenters. The Kier molecular flexibility index (Phi) is 9.69. The molecule has 0 radical (unpaired) electrons. The molecule has 3 aromatic heterocycles. The maximum absolute atomic E-state index is 6.63. The van der Waals surface area contributed by atoms with Gasteiger partial charge in [0.15, 0.2) is 0 Å². The first-order chi connectivity index (χ1) is 23.1. The van der Waals surface area contributed by atoms with Crippen LogP contribution in [0.3, 0.4) is 0 Å². The number of fused-ring (bicyclic) bond motifs is 3. The summed E-state index contributed by atoms with van der Waals surface area (Å²) in [7, 11) is 0. The van der Waals surface area contributed by atoms with Crippen molar-refractivity contribution >= 4 is 21.8 Å². The number of pyridine rings is 1. The summed E-state index contributed by atoms with van der Waals surface area (Å²) >= 11 is 0. The van der Waals surface area contributed by atoms with Crippen LogP contribution in [0.1, 0.15) is 68.6 Å². The molecular weight excluding hydrogens is 784 g/mol. The van der Waals surface area contributed by atoms with Gasteiger partial charge in [-0.25, -0.2) is 4.98 Å². The molecule has 6 heteroatoms. The van der Waals surface area contributed by atoms with Crippen molar-refractivity contribution in [2.75, 3.05) is 0 Å². The summed E-state index contributed by atoms with van der Waals surface area (Å²) in [5.74, 6) is 2.14. The maximum Gasteiger partial charge on any atom is 2.00 e. The standard InChI is InChI=1S/C43H42N4O.Pt/c1-8-9-13-31-23-34(47-30(4)42(29(3)45-47)32-14-11-10-12-15-32)26-36(24-31)48-35-17-18-37-38-25-33(43(5,6)7)16-19-39(38)46(40(37)27-35)41-22-28(2)20-21-44-41;/h10-12,14-25H,8-9,13H2,1-7H3;/q-2;+2. The molecule has 0 N–H and O–H groups in total. The van der Waals surface area contributed by atoms with E-state index in [0.29, 0.717) is 11.5 Å². The number of rotatable bonds is 8. The zero-order valence-electron chi connectivity index (χ0n) is 29.3. The molecule has 4 aromatic carbocycles. The molecule has 7 rings (SSSR count). The molecular formula is C43H42N4OPt. The fraction of sp³-hybridized carbons (Fsp3) is 0.256. The Hall–Kier alpha value is -4.47. The van der Waals surface area contributed by atoms with Crippen LogP contribution >= 0.6 is 0 Å². The van der Waals surface area contributed by atoms with Crippen molar-refractivity contribution in [2.24, 2.45) is 0 Å². The quantitative estimate of drug-likeness (QED) is 0.143. The van der Waals surface area contributed by atoms with E-state index >= 15 is 0 Å². The summed E-state index contributed by atoms with van der Waals surface area (Å²) < 4.78 is 10.8. The molecule has 5 nitrogen and oxygen atoms in total. The van der Waals surface area contributed by atoms with Crippen molar-refractivity contribution in [3.05, 3.63) is 131 Å². The summed E-state index contributed by atoms with van der Waals surface area (Å²) in [4.78, 5) is 4.78. The zero-order chi connectivity index (χ0) is 33.6. The second-order valence-electron chi connectivity index (χ2n) is 13.9. The van der Waals surface area contributed by atoms with E-state index in [1.54, 1.807) is 0 Å². The number of benzene rings is 4. The SMILES string of the molecule is CCCCc1cc(Oc2[c-]c3c(cc2)c2cc(C(C)(C)C)ccc2n3-c2cc(C)ccn2)[c-]c(-n2nc(C)c(-c3ccccc3)c2C)c1.[Pt+2]. The summed E-state index contributed by atoms with van der Waals surface area (Å²) in [5.41, 5.74) is 10.9. The molecule has 0 saturated carbocycles. The van der Waals surface area contributed by atoms with E-state index in [2.05, 4.69) is 132 Å². The molecule has 250 valence electrons. The summed E-state index contributed by atoms with van der Waals surface area (Å²) in [6.07, 6.45) is 5.02. The monoisotopic (exact) mass is 825 g/mol. The van der Waals surface area contributed by atoms with Gasteiger partial charge in [-0.1, -0.05) is 94.9 Å². The van der Waals surface area contributed by atoms with Crippen LogP contribution in [-0.4, -0.2) is 19.3 Å². The number of hydrogen-bond acceptors (Lipinski definition) is 3. The fourth-order valence-corrected chi connectivity index (χ4v) is 6.63. The fourth-order valence-electron chi connectivity index (χ4n) is 6.63. The van der Waals surface area contributed by atoms with Gasteiger partial charge in [-0.15, -0.1) is 35.7 Å². The smallest absolute Gasteiger partial charge is 0.509 e. The van der Waals surface area contributed by atoms with Gasteiger partial charge in [0.1, 0.15) is 5.82 Å². The van der Waals surface area contributed by atoms with Gasteiger partial charge in [0.25, 0.3) is 0 Å². The van der Waals surface area contributed by atoms with Crippen LogP contribution in [0.25, 0.3) is 44.4 Å². The van der Waals surface area contributed by atoms with Crippen LogP contribution in [0.4, 0.5) is 0 Å². The number of ether oxygens (including phenoxy) is 1. The van der Waals surface area contributed by atoms with Gasteiger partial charge >= 0.3 is 21.1 Å². The Labute approximate surface area is 304 Å². The number of aromatic nitrogens is 4. The molecule has 0 spiro atoms. The van der Waals surface area contributed by atoms with Gasteiger partial charge < -0.3 is 9.30 Å². The average molecular weight is 826 g/mol. The minimum Gasteiger partial charge on any atom is -0.509 e. The van der Waals surface area contributed by atoms with Gasteiger partial charge in [-0.2, -0.15) is 16.7 Å². The van der Waals surface area contributed by atoms with E-state index in [1.165, 1.54) is 16.5 Å². The van der Waals surface area contributed by atoms with E-state index in [4.69, 9.17) is 14.8 Å². The van der Waals surface area contributed by atoms with Crippen molar-refractivity contribution in [1.29, 1.82) is 0 Å². The Morgan fingerprint density at radius 2 is 1.61 bits per heavy atom. The third-order valence-corrected chi connectivity index (χ3v) is 9.16. The predicted octanol–water partition coefficient (Wildman–Crippen LogP) is 11.0. The van der Waals surface area contributed by atoms with Crippen LogP contribution in [0.15, 0.2) is 91.1 Å². The van der Waals surface area contributed by atoms with E-state index < -0.39 is 0 Å². The first-order valence-corrected chi connectivity index (χ1v) is 16.9. The molecule has 0 saturated heterocycles. The number of aryl methyl sites for hydroxylation is 3. The Morgan fingerprint density at radius 1 is 0.816 bits per heavy atom. The van der Waals surface area contributed by atoms with E-state index in [1.807, 2.05) is 29.1 Å². The van der Waals surface area contributed by atoms with Crippen LogP contribution in [0, 0.1) is 32.9 Å². The van der Waals surface area contributed by atoms with Gasteiger partial charge in [0.2, 0.25) is 0 Å². The summed E-state index contributed by atoms with van der Waals surface area (Å²) in [6, 6.07) is 37.0. The molecule has 49 heavy (non-hydrogen) atoms. The molecule has 0 aliphatic rings. The van der Waals surface area contributed by atoms with E-state index in [-0.39, 0.29) is 26.5 Å². The van der Waals surface area contributed by atoms with E-state index in [0.717, 1.165) is 75.3 Å². The molecule has 3 heterocycles. The molecule has 0 aliphatic heterocycles. The minimum absolute atomic E-state index is 0. The molecule has 0 aliphatic carbocycles. The molecule has 7 aromatic rings. The van der Waals surface area contributed by atoms with Crippen LogP contribution in [-0.2, 0) is 32.9 Å². The first kappa shape index (κ1) is 34.4. The van der Waals surface area contributed by atoms with Crippen molar-refractivity contribution < 1.29 is 25.8 Å². The van der Waals surface area contributed by atoms with Gasteiger partial charge in [-0.3, -0.25) is 4.68 Å². The van der Waals surface area contributed by atoms with Crippen molar-refractivity contribution in [2.45, 2.75) is 73.1 Å². The second kappa shape index (κ2) is 13.8. The second-order valence-corrected chi connectivity index (χ2v) is 13.9. The van der Waals surface area contributed by atoms with Gasteiger partial charge in [0.05, 0.1) is 5.69 Å². The third kappa shape index (κ3) is 6.74. The van der Waals surface area contributed by atoms with Crippen molar-refractivity contribution in [3.63, 3.8) is 0 Å². The van der Waals surface area contributed by atoms with Crippen LogP contribution in [0.2, 0.25) is 0 Å². The number of hydrogen-bond donors (Lipinski definition) is 0. The third-order valence-electron chi connectivity index (χ3n) is 9.16. The summed E-state index contributed by atoms with van der Waals surface area (Å²) in [5, 5.41) is 7.27. The molecule has 0 amide bonds. The van der Waals surface area contributed by atoms with Crippen LogP contribution in [0.5, 0.6) is 11.5 Å². The molecule has 0 bridgehead atoms. The minimum atomic E-state index is 0. The largest absolute Gasteiger partial charge is 2.00 e. The predicted molar refractivity (Wildman–Crippen MR) is 197 cm³/mol. The summed E-state index contributed by atoms with van der Waals surface area (Å²) in [6.45, 7) is 15.3. The van der Waals surface area contributed by atoms with Crippen molar-refractivity contribution in [3.8, 4) is 34.1 Å². The number of unbranched alkanes of at least 4 members (excludes halogenated alkanes) is 1.